The highest BCUT2D eigenvalue weighted by Crippen LogP contribution is 2.58. The largest absolute Gasteiger partial charge is 0.481 e. The molecule has 21 nitrogen and oxygen atoms in total. The second-order valence-electron chi connectivity index (χ2n) is 23.0. The quantitative estimate of drug-likeness (QED) is 0.129. The van der Waals surface area contributed by atoms with Gasteiger partial charge in [-0.3, -0.25) is 73.8 Å². The van der Waals surface area contributed by atoms with Crippen molar-refractivity contribution in [2.24, 2.45) is 50.2 Å². The molecule has 21 heteroatoms. The standard InChI is InChI=1S/C51H68N6O15/c1-12-14-25(3)37-39(63)55(36(61)20-51(37,11)45(71)72)52-34(59)16-31-26(4)30(15-33(58)53-56-38(62)28-18-46(6,40(56)64)21-47(7,19-28)43(67)68)27(5)32(29(31)13-2)17-35(60)54-57-41(65)48(8)22-49(9,42(57)66)24-50(10,23-48)44(69)70/h25,28,37H,12-24H2,1-11H3,(H,52,59)(H,53,58)(H,54,60)(H,67,68)(H,69,70)(H,71,72). The Morgan fingerprint density at radius 2 is 1.01 bits per heavy atom. The Morgan fingerprint density at radius 1 is 0.569 bits per heavy atom. The molecular weight excluding hydrogens is 937 g/mol. The van der Waals surface area contributed by atoms with Gasteiger partial charge in [-0.1, -0.05) is 54.4 Å². The molecule has 6 N–H and O–H groups in total. The number of rotatable bonds is 16. The van der Waals surface area contributed by atoms with Crippen molar-refractivity contribution in [3.05, 3.63) is 33.4 Å². The molecule has 5 fully saturated rings. The minimum absolute atomic E-state index is 0.0585. The van der Waals surface area contributed by atoms with Crippen LogP contribution in [-0.4, -0.2) is 101 Å². The number of fused-ring (bicyclic) bond motifs is 4. The average molecular weight is 1010 g/mol. The van der Waals surface area contributed by atoms with E-state index in [1.165, 1.54) is 20.8 Å². The average Bonchev–Trinajstić information content (AvgIpc) is 3.26. The molecular formula is C51H68N6O15. The number of imide groups is 3. The molecule has 1 aromatic rings. The molecule has 72 heavy (non-hydrogen) atoms. The number of carboxylic acid groups (broad SMARTS) is 3. The van der Waals surface area contributed by atoms with Crippen molar-refractivity contribution in [1.82, 2.24) is 31.3 Å². The van der Waals surface area contributed by atoms with E-state index in [1.807, 2.05) is 6.92 Å². The Labute approximate surface area is 417 Å². The smallest absolute Gasteiger partial charge is 0.310 e. The molecule has 1 aromatic carbocycles. The van der Waals surface area contributed by atoms with Gasteiger partial charge in [0.15, 0.2) is 0 Å². The number of benzene rings is 1. The number of hydrazine groups is 3. The van der Waals surface area contributed by atoms with Crippen LogP contribution in [0, 0.1) is 64.1 Å². The number of amides is 9. The molecule has 8 unspecified atom stereocenters. The van der Waals surface area contributed by atoms with Gasteiger partial charge in [-0.25, -0.2) is 0 Å². The van der Waals surface area contributed by atoms with Crippen LogP contribution in [-0.2, 0) is 83.2 Å². The number of aliphatic carboxylic acids is 3. The number of hydrogen-bond acceptors (Lipinski definition) is 12. The van der Waals surface area contributed by atoms with E-state index in [4.69, 9.17) is 0 Å². The number of carbonyl (C=O) groups excluding carboxylic acids is 9. The van der Waals surface area contributed by atoms with Crippen molar-refractivity contribution in [3.8, 4) is 0 Å². The maximum absolute atomic E-state index is 14.3. The molecule has 3 heterocycles. The Balaban J connectivity index is 1.35. The highest BCUT2D eigenvalue weighted by atomic mass is 16.4. The number of hydrogen-bond donors (Lipinski definition) is 6. The minimum Gasteiger partial charge on any atom is -0.481 e. The van der Waals surface area contributed by atoms with Crippen LogP contribution in [0.3, 0.4) is 0 Å². The fraction of sp³-hybridized carbons (Fsp3) is 0.647. The lowest BCUT2D eigenvalue weighted by atomic mass is 9.52. The molecule has 4 bridgehead atoms. The van der Waals surface area contributed by atoms with E-state index in [-0.39, 0.29) is 61.6 Å². The van der Waals surface area contributed by atoms with E-state index in [2.05, 4.69) is 16.3 Å². The molecule has 9 amide bonds. The number of nitrogens with zero attached hydrogens (tertiary/aromatic N) is 3. The number of carboxylic acids is 3. The van der Waals surface area contributed by atoms with E-state index in [1.54, 1.807) is 48.5 Å². The lowest BCUT2D eigenvalue weighted by Crippen LogP contribution is -2.68. The van der Waals surface area contributed by atoms with Crippen LogP contribution in [0.25, 0.3) is 0 Å². The summed E-state index contributed by atoms with van der Waals surface area (Å²) >= 11 is 0. The number of carbonyl (C=O) groups is 12. The van der Waals surface area contributed by atoms with Gasteiger partial charge in [0.2, 0.25) is 23.6 Å². The normalized spacial score (nSPS) is 31.8. The van der Waals surface area contributed by atoms with Crippen LogP contribution >= 0.6 is 0 Å². The molecule has 3 aliphatic heterocycles. The van der Waals surface area contributed by atoms with Gasteiger partial charge < -0.3 is 15.3 Å². The molecule has 3 saturated heterocycles. The van der Waals surface area contributed by atoms with E-state index in [0.29, 0.717) is 44.6 Å². The minimum atomic E-state index is -1.76. The summed E-state index contributed by atoms with van der Waals surface area (Å²) in [6, 6.07) is 0. The molecule has 0 radical (unpaired) electrons. The summed E-state index contributed by atoms with van der Waals surface area (Å²) in [6.07, 6.45) is -1.17. The van der Waals surface area contributed by atoms with Crippen molar-refractivity contribution in [1.29, 1.82) is 0 Å². The predicted molar refractivity (Wildman–Crippen MR) is 251 cm³/mol. The maximum atomic E-state index is 14.3. The SMILES string of the molecule is CCCC(C)C1C(=O)N(NC(=O)Cc2c(C)c(CC(=O)NN3C(=O)C4CC(C)(C(=O)O)CC(C)(C4)C3=O)c(C)c(CC(=O)NN3C(=O)C4(C)CC(C)(C(=O)O)CC(C)(C4)C3=O)c2CC)C(=O)CC1(C)C(=O)O. The van der Waals surface area contributed by atoms with E-state index < -0.39 is 147 Å². The summed E-state index contributed by atoms with van der Waals surface area (Å²) in [7, 11) is 0. The topological polar surface area (TPSA) is 311 Å². The van der Waals surface area contributed by atoms with Crippen LogP contribution in [0.15, 0.2) is 0 Å². The summed E-state index contributed by atoms with van der Waals surface area (Å²) in [4.78, 5) is 163. The summed E-state index contributed by atoms with van der Waals surface area (Å²) in [5, 5.41) is 32.1. The van der Waals surface area contributed by atoms with Crippen LogP contribution < -0.4 is 16.3 Å². The summed E-state index contributed by atoms with van der Waals surface area (Å²) in [5.74, 6) is -13.8. The first kappa shape index (κ1) is 54.8. The fourth-order valence-electron chi connectivity index (χ4n) is 13.6. The van der Waals surface area contributed by atoms with Gasteiger partial charge in [-0.2, -0.15) is 15.0 Å². The Bertz CT molecular complexity index is 2600. The van der Waals surface area contributed by atoms with Crippen molar-refractivity contribution in [2.75, 3.05) is 0 Å². The molecule has 392 valence electrons. The van der Waals surface area contributed by atoms with E-state index >= 15 is 0 Å². The highest BCUT2D eigenvalue weighted by Gasteiger charge is 2.64. The van der Waals surface area contributed by atoms with E-state index in [0.717, 1.165) is 0 Å². The van der Waals surface area contributed by atoms with Crippen LogP contribution in [0.2, 0.25) is 0 Å². The third kappa shape index (κ3) is 9.27. The monoisotopic (exact) mass is 1000 g/mol. The highest BCUT2D eigenvalue weighted by molar-refractivity contribution is 6.07. The van der Waals surface area contributed by atoms with Gasteiger partial charge in [0.1, 0.15) is 0 Å². The van der Waals surface area contributed by atoms with Crippen LogP contribution in [0.1, 0.15) is 153 Å². The van der Waals surface area contributed by atoms with Gasteiger partial charge in [0, 0.05) is 12.3 Å². The maximum Gasteiger partial charge on any atom is 0.310 e. The first-order valence-corrected chi connectivity index (χ1v) is 24.5. The first-order valence-electron chi connectivity index (χ1n) is 24.5. The lowest BCUT2D eigenvalue weighted by molar-refractivity contribution is -0.188. The van der Waals surface area contributed by atoms with Gasteiger partial charge in [0.25, 0.3) is 29.5 Å². The molecule has 8 atom stereocenters. The first-order chi connectivity index (χ1) is 33.2. The van der Waals surface area contributed by atoms with Crippen molar-refractivity contribution in [3.63, 3.8) is 0 Å². The Kier molecular flexibility index (Phi) is 14.3. The second-order valence-corrected chi connectivity index (χ2v) is 23.0. The van der Waals surface area contributed by atoms with Crippen molar-refractivity contribution >= 4 is 71.1 Å². The van der Waals surface area contributed by atoms with E-state index in [9.17, 15) is 72.9 Å². The zero-order chi connectivity index (χ0) is 54.2. The number of nitrogens with one attached hydrogen (secondary N) is 3. The summed E-state index contributed by atoms with van der Waals surface area (Å²) in [5.41, 5.74) is 0.728. The molecule has 0 aromatic heterocycles. The van der Waals surface area contributed by atoms with Crippen molar-refractivity contribution < 1.29 is 72.9 Å². The van der Waals surface area contributed by atoms with Gasteiger partial charge >= 0.3 is 17.9 Å². The Morgan fingerprint density at radius 3 is 1.47 bits per heavy atom. The molecule has 2 aliphatic carbocycles. The van der Waals surface area contributed by atoms with Gasteiger partial charge in [-0.05, 0) is 119 Å². The number of piperidine rings is 3. The molecule has 6 rings (SSSR count). The zero-order valence-electron chi connectivity index (χ0n) is 43.0. The summed E-state index contributed by atoms with van der Waals surface area (Å²) in [6.45, 7) is 17.5. The molecule has 5 aliphatic rings. The summed E-state index contributed by atoms with van der Waals surface area (Å²) < 4.78 is 0. The Hall–Kier alpha value is -6.54. The third-order valence-corrected chi connectivity index (χ3v) is 16.6. The van der Waals surface area contributed by atoms with Crippen LogP contribution in [0.5, 0.6) is 0 Å². The predicted octanol–water partition coefficient (Wildman–Crippen LogP) is 3.41. The lowest BCUT2D eigenvalue weighted by Gasteiger charge is -2.54. The zero-order valence-corrected chi connectivity index (χ0v) is 43.0. The van der Waals surface area contributed by atoms with Gasteiger partial charge in [-0.15, -0.1) is 0 Å². The second kappa shape index (κ2) is 18.8. The van der Waals surface area contributed by atoms with Crippen molar-refractivity contribution in [2.45, 2.75) is 160 Å². The molecule has 0 spiro atoms. The fourth-order valence-corrected chi connectivity index (χ4v) is 13.6. The van der Waals surface area contributed by atoms with Crippen LogP contribution in [0.4, 0.5) is 0 Å². The van der Waals surface area contributed by atoms with Gasteiger partial charge in [0.05, 0.1) is 57.7 Å². The third-order valence-electron chi connectivity index (χ3n) is 16.6. The molecule has 2 saturated carbocycles.